The number of likely N-dealkylation sites (tertiary alicyclic amines) is 1. The predicted molar refractivity (Wildman–Crippen MR) is 97.8 cm³/mol. The van der Waals surface area contributed by atoms with Crippen LogP contribution in [0.5, 0.6) is 5.75 Å². The van der Waals surface area contributed by atoms with Gasteiger partial charge in [-0.25, -0.2) is 0 Å². The number of nitrogens with zero attached hydrogens (tertiary/aromatic N) is 2. The molecule has 24 heavy (non-hydrogen) atoms. The predicted octanol–water partition coefficient (Wildman–Crippen LogP) is 2.92. The largest absolute Gasteiger partial charge is 0.493 e. The Morgan fingerprint density at radius 1 is 1.21 bits per heavy atom. The summed E-state index contributed by atoms with van der Waals surface area (Å²) in [6, 6.07) is 4.84. The summed E-state index contributed by atoms with van der Waals surface area (Å²) in [5.41, 5.74) is 2.04. The molecule has 0 unspecified atom stereocenters. The van der Waals surface area contributed by atoms with E-state index in [1.54, 1.807) is 0 Å². The second-order valence-corrected chi connectivity index (χ2v) is 8.71. The van der Waals surface area contributed by atoms with Gasteiger partial charge in [-0.3, -0.25) is 9.88 Å². The number of ether oxygens (including phenoxy) is 2. The highest BCUT2D eigenvalue weighted by molar-refractivity contribution is 7.99. The zero-order chi connectivity index (χ0) is 16.5. The maximum atomic E-state index is 6.11. The van der Waals surface area contributed by atoms with Gasteiger partial charge < -0.3 is 9.47 Å². The molecule has 3 aliphatic rings. The third-order valence-corrected chi connectivity index (χ3v) is 6.74. The van der Waals surface area contributed by atoms with Crippen LogP contribution in [-0.4, -0.2) is 59.8 Å². The summed E-state index contributed by atoms with van der Waals surface area (Å²) in [5.74, 6) is 4.76. The summed E-state index contributed by atoms with van der Waals surface area (Å²) in [4.78, 5) is 7.11. The SMILES string of the molecule is Cc1cc(OC[C@H]2CO[C@@H]3CN(C4CCSCC4)C[C@H]23)cc(C)n1. The number of aryl methyl sites for hydroxylation is 2. The average molecular weight is 349 g/mol. The third kappa shape index (κ3) is 3.58. The highest BCUT2D eigenvalue weighted by Crippen LogP contribution is 2.37. The van der Waals surface area contributed by atoms with E-state index in [1.165, 1.54) is 30.9 Å². The highest BCUT2D eigenvalue weighted by atomic mass is 32.2. The van der Waals surface area contributed by atoms with E-state index in [9.17, 15) is 0 Å². The molecule has 1 aromatic heterocycles. The number of hydrogen-bond acceptors (Lipinski definition) is 5. The van der Waals surface area contributed by atoms with E-state index in [2.05, 4.69) is 21.6 Å². The molecule has 0 radical (unpaired) electrons. The van der Waals surface area contributed by atoms with Crippen LogP contribution in [0.25, 0.3) is 0 Å². The normalized spacial score (nSPS) is 31.3. The molecule has 0 spiro atoms. The van der Waals surface area contributed by atoms with E-state index < -0.39 is 0 Å². The van der Waals surface area contributed by atoms with Crippen LogP contribution in [0.2, 0.25) is 0 Å². The standard InChI is InChI=1S/C19H28N2O2S/c1-13-7-17(8-14(2)20-13)22-11-15-12-23-19-10-21(9-18(15)19)16-3-5-24-6-4-16/h7-8,15-16,18-19H,3-6,9-12H2,1-2H3/t15-,18+,19+/m0/s1. The first-order valence-electron chi connectivity index (χ1n) is 9.20. The molecule has 0 saturated carbocycles. The van der Waals surface area contributed by atoms with E-state index in [0.717, 1.165) is 42.9 Å². The molecule has 4 heterocycles. The zero-order valence-electron chi connectivity index (χ0n) is 14.7. The quantitative estimate of drug-likeness (QED) is 0.836. The van der Waals surface area contributed by atoms with Crippen molar-refractivity contribution in [2.24, 2.45) is 11.8 Å². The Balaban J connectivity index is 1.34. The second kappa shape index (κ2) is 7.22. The highest BCUT2D eigenvalue weighted by Gasteiger charge is 2.45. The zero-order valence-corrected chi connectivity index (χ0v) is 15.6. The Hall–Kier alpha value is -0.780. The molecule has 0 aromatic carbocycles. The van der Waals surface area contributed by atoms with Crippen molar-refractivity contribution in [2.45, 2.75) is 38.8 Å². The van der Waals surface area contributed by atoms with Crippen molar-refractivity contribution in [1.29, 1.82) is 0 Å². The summed E-state index contributed by atoms with van der Waals surface area (Å²) < 4.78 is 12.2. The number of fused-ring (bicyclic) bond motifs is 1. The third-order valence-electron chi connectivity index (χ3n) is 5.69. The van der Waals surface area contributed by atoms with Gasteiger partial charge >= 0.3 is 0 Å². The van der Waals surface area contributed by atoms with Crippen molar-refractivity contribution in [2.75, 3.05) is 37.8 Å². The Morgan fingerprint density at radius 3 is 2.71 bits per heavy atom. The van der Waals surface area contributed by atoms with E-state index >= 15 is 0 Å². The van der Waals surface area contributed by atoms with Crippen molar-refractivity contribution in [3.05, 3.63) is 23.5 Å². The minimum absolute atomic E-state index is 0.425. The Morgan fingerprint density at radius 2 is 1.96 bits per heavy atom. The van der Waals surface area contributed by atoms with Crippen LogP contribution in [0.1, 0.15) is 24.2 Å². The number of rotatable bonds is 4. The van der Waals surface area contributed by atoms with E-state index in [0.29, 0.717) is 17.9 Å². The Bertz CT molecular complexity index is 556. The molecule has 132 valence electrons. The number of pyridine rings is 1. The van der Waals surface area contributed by atoms with Gasteiger partial charge in [0.15, 0.2) is 0 Å². The van der Waals surface area contributed by atoms with Gasteiger partial charge in [0, 0.05) is 54.5 Å². The first kappa shape index (κ1) is 16.7. The molecular weight excluding hydrogens is 320 g/mol. The summed E-state index contributed by atoms with van der Waals surface area (Å²) in [6.45, 7) is 7.98. The van der Waals surface area contributed by atoms with Crippen LogP contribution >= 0.6 is 11.8 Å². The Labute approximate surface area is 149 Å². The smallest absolute Gasteiger partial charge is 0.122 e. The molecule has 3 atom stereocenters. The van der Waals surface area contributed by atoms with Gasteiger partial charge in [0.1, 0.15) is 5.75 Å². The van der Waals surface area contributed by atoms with Gasteiger partial charge in [-0.1, -0.05) is 0 Å². The molecule has 0 aliphatic carbocycles. The first-order valence-corrected chi connectivity index (χ1v) is 10.4. The number of thioether (sulfide) groups is 1. The molecule has 0 amide bonds. The lowest BCUT2D eigenvalue weighted by atomic mass is 9.94. The molecule has 0 N–H and O–H groups in total. The van der Waals surface area contributed by atoms with Crippen LogP contribution in [0.3, 0.4) is 0 Å². The monoisotopic (exact) mass is 348 g/mol. The van der Waals surface area contributed by atoms with Crippen molar-refractivity contribution in [1.82, 2.24) is 9.88 Å². The van der Waals surface area contributed by atoms with Crippen LogP contribution in [0.15, 0.2) is 12.1 Å². The maximum Gasteiger partial charge on any atom is 0.122 e. The Kier molecular flexibility index (Phi) is 5.02. The van der Waals surface area contributed by atoms with Crippen LogP contribution in [-0.2, 0) is 4.74 Å². The van der Waals surface area contributed by atoms with Crippen LogP contribution in [0.4, 0.5) is 0 Å². The molecular formula is C19H28N2O2S. The molecule has 4 rings (SSSR count). The summed E-state index contributed by atoms with van der Waals surface area (Å²) in [5, 5.41) is 0. The van der Waals surface area contributed by atoms with Gasteiger partial charge in [-0.2, -0.15) is 11.8 Å². The fourth-order valence-electron chi connectivity index (χ4n) is 4.43. The lowest BCUT2D eigenvalue weighted by Crippen LogP contribution is -2.38. The topological polar surface area (TPSA) is 34.6 Å². The van der Waals surface area contributed by atoms with Gasteiger partial charge in [0.05, 0.1) is 19.3 Å². The minimum atomic E-state index is 0.425. The van der Waals surface area contributed by atoms with Crippen molar-refractivity contribution >= 4 is 11.8 Å². The van der Waals surface area contributed by atoms with Crippen molar-refractivity contribution in [3.63, 3.8) is 0 Å². The van der Waals surface area contributed by atoms with Crippen molar-refractivity contribution < 1.29 is 9.47 Å². The van der Waals surface area contributed by atoms with E-state index in [4.69, 9.17) is 9.47 Å². The molecule has 0 bridgehead atoms. The average Bonchev–Trinajstić information content (AvgIpc) is 3.14. The fourth-order valence-corrected chi connectivity index (χ4v) is 5.51. The van der Waals surface area contributed by atoms with Gasteiger partial charge in [0.25, 0.3) is 0 Å². The minimum Gasteiger partial charge on any atom is -0.493 e. The van der Waals surface area contributed by atoms with E-state index in [-0.39, 0.29) is 0 Å². The van der Waals surface area contributed by atoms with Crippen LogP contribution in [0, 0.1) is 25.7 Å². The molecule has 4 nitrogen and oxygen atoms in total. The second-order valence-electron chi connectivity index (χ2n) is 7.49. The molecule has 3 saturated heterocycles. The van der Waals surface area contributed by atoms with Crippen molar-refractivity contribution in [3.8, 4) is 5.75 Å². The summed E-state index contributed by atoms with van der Waals surface area (Å²) in [7, 11) is 0. The van der Waals surface area contributed by atoms with Gasteiger partial charge in [-0.15, -0.1) is 0 Å². The number of aromatic nitrogens is 1. The lowest BCUT2D eigenvalue weighted by molar-refractivity contribution is 0.0811. The maximum absolute atomic E-state index is 6.11. The molecule has 3 fully saturated rings. The molecule has 5 heteroatoms. The van der Waals surface area contributed by atoms with Gasteiger partial charge in [0.2, 0.25) is 0 Å². The summed E-state index contributed by atoms with van der Waals surface area (Å²) in [6.07, 6.45) is 3.12. The fraction of sp³-hybridized carbons (Fsp3) is 0.737. The molecule has 1 aromatic rings. The number of hydrogen-bond donors (Lipinski definition) is 0. The molecule has 3 aliphatic heterocycles. The summed E-state index contributed by atoms with van der Waals surface area (Å²) >= 11 is 2.10. The van der Waals surface area contributed by atoms with Crippen LogP contribution < -0.4 is 4.74 Å². The van der Waals surface area contributed by atoms with E-state index in [1.807, 2.05) is 26.0 Å². The van der Waals surface area contributed by atoms with Gasteiger partial charge in [-0.05, 0) is 38.2 Å². The first-order chi connectivity index (χ1) is 11.7. The lowest BCUT2D eigenvalue weighted by Gasteiger charge is -2.31.